The fourth-order valence-corrected chi connectivity index (χ4v) is 4.81. The lowest BCUT2D eigenvalue weighted by Crippen LogP contribution is -2.08. The molecule has 0 fully saturated rings. The average molecular weight is 348 g/mol. The molecule has 0 saturated heterocycles. The SMILES string of the molecule is OC[C@H]1C[C@H](n2cnc3c(-c4ccccc4)ncnc32)c2ccsc21. The highest BCUT2D eigenvalue weighted by Gasteiger charge is 2.34. The average Bonchev–Trinajstić information content (AvgIpc) is 3.36. The van der Waals surface area contributed by atoms with Crippen LogP contribution in [0.25, 0.3) is 22.4 Å². The van der Waals surface area contributed by atoms with Crippen molar-refractivity contribution in [2.45, 2.75) is 18.4 Å². The molecule has 3 heterocycles. The first kappa shape index (κ1) is 14.7. The fourth-order valence-electron chi connectivity index (χ4n) is 3.75. The minimum Gasteiger partial charge on any atom is -0.396 e. The van der Waals surface area contributed by atoms with Crippen LogP contribution in [0.5, 0.6) is 0 Å². The van der Waals surface area contributed by atoms with Crippen molar-refractivity contribution < 1.29 is 5.11 Å². The lowest BCUT2D eigenvalue weighted by molar-refractivity contribution is 0.260. The number of aliphatic hydroxyl groups is 1. The van der Waals surface area contributed by atoms with Gasteiger partial charge in [0.1, 0.15) is 17.5 Å². The maximum atomic E-state index is 9.71. The molecule has 0 spiro atoms. The van der Waals surface area contributed by atoms with Gasteiger partial charge in [-0.25, -0.2) is 15.0 Å². The number of nitrogens with zero attached hydrogens (tertiary/aromatic N) is 4. The second kappa shape index (κ2) is 5.75. The topological polar surface area (TPSA) is 63.8 Å². The zero-order chi connectivity index (χ0) is 16.8. The second-order valence-electron chi connectivity index (χ2n) is 6.28. The number of aromatic nitrogens is 4. The molecular formula is C19H16N4OS. The van der Waals surface area contributed by atoms with Gasteiger partial charge in [-0.05, 0) is 23.4 Å². The summed E-state index contributed by atoms with van der Waals surface area (Å²) < 4.78 is 2.13. The van der Waals surface area contributed by atoms with E-state index in [1.54, 1.807) is 17.7 Å². The van der Waals surface area contributed by atoms with Gasteiger partial charge in [-0.1, -0.05) is 30.3 Å². The molecule has 0 aliphatic heterocycles. The summed E-state index contributed by atoms with van der Waals surface area (Å²) in [6.07, 6.45) is 4.35. The van der Waals surface area contributed by atoms with Gasteiger partial charge in [-0.2, -0.15) is 0 Å². The molecule has 0 radical (unpaired) electrons. The first-order valence-electron chi connectivity index (χ1n) is 8.28. The van der Waals surface area contributed by atoms with Crippen LogP contribution in [-0.4, -0.2) is 31.2 Å². The number of imidazole rings is 1. The number of fused-ring (bicyclic) bond motifs is 2. The summed E-state index contributed by atoms with van der Waals surface area (Å²) in [6, 6.07) is 12.4. The molecule has 5 nitrogen and oxygen atoms in total. The van der Waals surface area contributed by atoms with Gasteiger partial charge in [0.15, 0.2) is 5.65 Å². The second-order valence-corrected chi connectivity index (χ2v) is 7.23. The van der Waals surface area contributed by atoms with E-state index >= 15 is 0 Å². The quantitative estimate of drug-likeness (QED) is 0.614. The summed E-state index contributed by atoms with van der Waals surface area (Å²) >= 11 is 1.72. The van der Waals surface area contributed by atoms with E-state index in [1.165, 1.54) is 10.4 Å². The monoisotopic (exact) mass is 348 g/mol. The standard InChI is InChI=1S/C19H16N4OS/c24-9-13-8-15(14-6-7-25-18(13)14)23-11-22-17-16(20-10-21-19(17)23)12-4-2-1-3-5-12/h1-7,10-11,13,15,24H,8-9H2/t13-,15+/m1/s1. The Morgan fingerprint density at radius 2 is 2.00 bits per heavy atom. The van der Waals surface area contributed by atoms with Crippen molar-refractivity contribution in [2.24, 2.45) is 0 Å². The predicted molar refractivity (Wildman–Crippen MR) is 97.7 cm³/mol. The smallest absolute Gasteiger partial charge is 0.164 e. The van der Waals surface area contributed by atoms with Crippen LogP contribution in [-0.2, 0) is 0 Å². The van der Waals surface area contributed by atoms with E-state index in [9.17, 15) is 5.11 Å². The van der Waals surface area contributed by atoms with Crippen molar-refractivity contribution in [3.05, 3.63) is 64.9 Å². The number of aliphatic hydroxyl groups excluding tert-OH is 1. The van der Waals surface area contributed by atoms with Crippen molar-refractivity contribution >= 4 is 22.5 Å². The molecule has 0 bridgehead atoms. The number of thiophene rings is 1. The highest BCUT2D eigenvalue weighted by Crippen LogP contribution is 2.46. The zero-order valence-corrected chi connectivity index (χ0v) is 14.2. The Balaban J connectivity index is 1.65. The van der Waals surface area contributed by atoms with Gasteiger partial charge in [-0.3, -0.25) is 0 Å². The van der Waals surface area contributed by atoms with Crippen LogP contribution in [0.4, 0.5) is 0 Å². The minimum absolute atomic E-state index is 0.168. The third kappa shape index (κ3) is 2.22. The third-order valence-electron chi connectivity index (χ3n) is 4.93. The number of benzene rings is 1. The van der Waals surface area contributed by atoms with Crippen LogP contribution in [0.15, 0.2) is 54.4 Å². The summed E-state index contributed by atoms with van der Waals surface area (Å²) in [5.74, 6) is 0.202. The van der Waals surface area contributed by atoms with E-state index in [4.69, 9.17) is 0 Å². The fraction of sp³-hybridized carbons (Fsp3) is 0.211. The first-order chi connectivity index (χ1) is 12.4. The molecule has 124 valence electrons. The molecular weight excluding hydrogens is 332 g/mol. The van der Waals surface area contributed by atoms with Crippen LogP contribution >= 0.6 is 11.3 Å². The van der Waals surface area contributed by atoms with Gasteiger partial charge in [-0.15, -0.1) is 11.3 Å². The van der Waals surface area contributed by atoms with Gasteiger partial charge in [0, 0.05) is 16.4 Å². The summed E-state index contributed by atoms with van der Waals surface area (Å²) in [5, 5.41) is 11.8. The van der Waals surface area contributed by atoms with Crippen LogP contribution in [0, 0.1) is 0 Å². The number of hydrogen-bond donors (Lipinski definition) is 1. The highest BCUT2D eigenvalue weighted by atomic mass is 32.1. The highest BCUT2D eigenvalue weighted by molar-refractivity contribution is 7.10. The summed E-state index contributed by atoms with van der Waals surface area (Å²) in [7, 11) is 0. The van der Waals surface area contributed by atoms with Crippen LogP contribution in [0.1, 0.15) is 28.8 Å². The van der Waals surface area contributed by atoms with Crippen molar-refractivity contribution in [3.63, 3.8) is 0 Å². The van der Waals surface area contributed by atoms with Crippen molar-refractivity contribution in [2.75, 3.05) is 6.61 Å². The molecule has 0 saturated carbocycles. The number of hydrogen-bond acceptors (Lipinski definition) is 5. The molecule has 1 aromatic carbocycles. The summed E-state index contributed by atoms with van der Waals surface area (Å²) in [6.45, 7) is 0.181. The van der Waals surface area contributed by atoms with Gasteiger partial charge < -0.3 is 9.67 Å². The molecule has 3 aromatic heterocycles. The number of rotatable bonds is 3. The zero-order valence-electron chi connectivity index (χ0n) is 13.4. The Morgan fingerprint density at radius 1 is 1.12 bits per heavy atom. The summed E-state index contributed by atoms with van der Waals surface area (Å²) in [4.78, 5) is 14.9. The Morgan fingerprint density at radius 3 is 2.84 bits per heavy atom. The Hall–Kier alpha value is -2.57. The molecule has 25 heavy (non-hydrogen) atoms. The third-order valence-corrected chi connectivity index (χ3v) is 6.02. The summed E-state index contributed by atoms with van der Waals surface area (Å²) in [5.41, 5.74) is 4.83. The van der Waals surface area contributed by atoms with Gasteiger partial charge in [0.05, 0.1) is 19.0 Å². The Labute approximate surface area is 148 Å². The van der Waals surface area contributed by atoms with Crippen molar-refractivity contribution in [1.82, 2.24) is 19.5 Å². The molecule has 1 N–H and O–H groups in total. The molecule has 0 amide bonds. The largest absolute Gasteiger partial charge is 0.396 e. The van der Waals surface area contributed by atoms with Crippen molar-refractivity contribution in [1.29, 1.82) is 0 Å². The van der Waals surface area contributed by atoms with Gasteiger partial charge in [0.2, 0.25) is 0 Å². The Kier molecular flexibility index (Phi) is 3.39. The van der Waals surface area contributed by atoms with Crippen molar-refractivity contribution in [3.8, 4) is 11.3 Å². The van der Waals surface area contributed by atoms with E-state index in [1.807, 2.05) is 36.7 Å². The first-order valence-corrected chi connectivity index (χ1v) is 9.16. The molecule has 4 aromatic rings. The predicted octanol–water partition coefficient (Wildman–Crippen LogP) is 3.62. The van der Waals surface area contributed by atoms with Crippen LogP contribution < -0.4 is 0 Å². The maximum Gasteiger partial charge on any atom is 0.164 e. The van der Waals surface area contributed by atoms with E-state index in [2.05, 4.69) is 31.0 Å². The van der Waals surface area contributed by atoms with E-state index in [0.29, 0.717) is 0 Å². The lowest BCUT2D eigenvalue weighted by atomic mass is 10.1. The van der Waals surface area contributed by atoms with E-state index in [-0.39, 0.29) is 18.6 Å². The molecule has 0 unspecified atom stereocenters. The molecule has 6 heteroatoms. The van der Waals surface area contributed by atoms with Gasteiger partial charge >= 0.3 is 0 Å². The molecule has 1 aliphatic rings. The van der Waals surface area contributed by atoms with E-state index in [0.717, 1.165) is 28.8 Å². The van der Waals surface area contributed by atoms with E-state index < -0.39 is 0 Å². The molecule has 1 aliphatic carbocycles. The lowest BCUT2D eigenvalue weighted by Gasteiger charge is -2.14. The Bertz CT molecular complexity index is 1040. The molecule has 2 atom stereocenters. The minimum atomic E-state index is 0.168. The molecule has 5 rings (SSSR count). The maximum absolute atomic E-state index is 9.71. The van der Waals surface area contributed by atoms with Gasteiger partial charge in [0.25, 0.3) is 0 Å². The normalized spacial score (nSPS) is 19.4. The van der Waals surface area contributed by atoms with Crippen LogP contribution in [0.2, 0.25) is 0 Å². The van der Waals surface area contributed by atoms with Crippen LogP contribution in [0.3, 0.4) is 0 Å².